The van der Waals surface area contributed by atoms with Gasteiger partial charge in [-0.05, 0) is 81.5 Å². The zero-order valence-electron chi connectivity index (χ0n) is 25.7. The van der Waals surface area contributed by atoms with Crippen LogP contribution in [0.4, 0.5) is 0 Å². The molecule has 3 fully saturated rings. The van der Waals surface area contributed by atoms with Gasteiger partial charge in [0.1, 0.15) is 18.3 Å². The number of carbonyl (C=O) groups is 3. The van der Waals surface area contributed by atoms with Crippen LogP contribution in [0.5, 0.6) is 0 Å². The van der Waals surface area contributed by atoms with Gasteiger partial charge in [-0.3, -0.25) is 14.4 Å². The molecule has 0 bridgehead atoms. The average molecular weight is 559 g/mol. The Morgan fingerprint density at radius 2 is 1.68 bits per heavy atom. The maximum Gasteiger partial charge on any atom is 0.302 e. The van der Waals surface area contributed by atoms with E-state index in [4.69, 9.17) is 14.2 Å². The van der Waals surface area contributed by atoms with E-state index in [0.29, 0.717) is 37.5 Å². The summed E-state index contributed by atoms with van der Waals surface area (Å²) in [6.07, 6.45) is 10.3. The summed E-state index contributed by atoms with van der Waals surface area (Å²) < 4.78 is 17.5. The van der Waals surface area contributed by atoms with Gasteiger partial charge >= 0.3 is 17.9 Å². The molecule has 1 N–H and O–H groups in total. The molecular formula is C33H50O7. The average Bonchev–Trinajstić information content (AvgIpc) is 3.18. The molecule has 7 heteroatoms. The lowest BCUT2D eigenvalue weighted by molar-refractivity contribution is -0.165. The van der Waals surface area contributed by atoms with E-state index >= 15 is 0 Å². The molecule has 7 nitrogen and oxygen atoms in total. The van der Waals surface area contributed by atoms with Gasteiger partial charge in [0.25, 0.3) is 0 Å². The van der Waals surface area contributed by atoms with Crippen molar-refractivity contribution in [3.63, 3.8) is 0 Å². The molecule has 0 radical (unpaired) electrons. The van der Waals surface area contributed by atoms with Gasteiger partial charge in [0.2, 0.25) is 0 Å². The SMILES string of the molecule is CC(=O)O[C@@H]1CC2=CC=C3[C@@H]4CC[C@H]([C@H](C)[C@@H](CCC(C)(C)O)OC(C)=O)[C@@]4(C)CC[C@@H]3[C@@]2(C)[C@@H](OC(C)=O)C1. The van der Waals surface area contributed by atoms with E-state index in [1.165, 1.54) is 31.9 Å². The highest BCUT2D eigenvalue weighted by Crippen LogP contribution is 2.66. The minimum Gasteiger partial charge on any atom is -0.462 e. The van der Waals surface area contributed by atoms with Crippen LogP contribution < -0.4 is 0 Å². The number of allylic oxidation sites excluding steroid dienone is 3. The highest BCUT2D eigenvalue weighted by Gasteiger charge is 2.60. The minimum absolute atomic E-state index is 0.0719. The summed E-state index contributed by atoms with van der Waals surface area (Å²) in [4.78, 5) is 36.0. The molecule has 3 saturated carbocycles. The maximum absolute atomic E-state index is 12.2. The lowest BCUT2D eigenvalue weighted by atomic mass is 9.49. The Morgan fingerprint density at radius 1 is 1.00 bits per heavy atom. The minimum atomic E-state index is -0.808. The van der Waals surface area contributed by atoms with E-state index in [1.807, 2.05) is 0 Å². The first-order valence-corrected chi connectivity index (χ1v) is 15.2. The van der Waals surface area contributed by atoms with Gasteiger partial charge in [0.15, 0.2) is 0 Å². The normalized spacial score (nSPS) is 36.6. The molecule has 9 atom stereocenters. The summed E-state index contributed by atoms with van der Waals surface area (Å²) in [5, 5.41) is 10.4. The van der Waals surface area contributed by atoms with Crippen LogP contribution in [0.3, 0.4) is 0 Å². The largest absolute Gasteiger partial charge is 0.462 e. The lowest BCUT2D eigenvalue weighted by Crippen LogP contribution is -2.54. The van der Waals surface area contributed by atoms with Crippen LogP contribution in [0.15, 0.2) is 23.3 Å². The molecule has 224 valence electrons. The molecule has 4 aliphatic rings. The Morgan fingerprint density at radius 3 is 2.27 bits per heavy atom. The molecule has 40 heavy (non-hydrogen) atoms. The van der Waals surface area contributed by atoms with Crippen LogP contribution in [0.1, 0.15) is 107 Å². The summed E-state index contributed by atoms with van der Waals surface area (Å²) in [5.41, 5.74) is 1.60. The number of fused-ring (bicyclic) bond motifs is 5. The molecule has 0 aromatic carbocycles. The van der Waals surface area contributed by atoms with Gasteiger partial charge in [-0.2, -0.15) is 0 Å². The molecule has 0 heterocycles. The number of rotatable bonds is 8. The van der Waals surface area contributed by atoms with Crippen molar-refractivity contribution in [1.82, 2.24) is 0 Å². The molecule has 0 amide bonds. The Labute approximate surface area is 240 Å². The topological polar surface area (TPSA) is 99.1 Å². The first-order chi connectivity index (χ1) is 18.6. The summed E-state index contributed by atoms with van der Waals surface area (Å²) in [6, 6.07) is 0. The van der Waals surface area contributed by atoms with Gasteiger partial charge in [-0.15, -0.1) is 0 Å². The Kier molecular flexibility index (Phi) is 8.67. The lowest BCUT2D eigenvalue weighted by Gasteiger charge is -2.57. The molecule has 0 aliphatic heterocycles. The van der Waals surface area contributed by atoms with Gasteiger partial charge in [0, 0.05) is 39.0 Å². The second-order valence-electron chi connectivity index (χ2n) is 14.1. The molecule has 0 spiro atoms. The van der Waals surface area contributed by atoms with Crippen molar-refractivity contribution in [2.75, 3.05) is 0 Å². The van der Waals surface area contributed by atoms with Crippen molar-refractivity contribution in [3.05, 3.63) is 23.3 Å². The van der Waals surface area contributed by atoms with Crippen LogP contribution in [0.2, 0.25) is 0 Å². The molecule has 0 unspecified atom stereocenters. The Bertz CT molecular complexity index is 1070. The van der Waals surface area contributed by atoms with E-state index < -0.39 is 5.60 Å². The third kappa shape index (κ3) is 5.91. The maximum atomic E-state index is 12.2. The van der Waals surface area contributed by atoms with Crippen LogP contribution in [-0.4, -0.2) is 46.9 Å². The standard InChI is InChI=1S/C33H50O7/c1-19(29(39-21(3)35)14-15-31(5,6)37)26-11-12-27-25-10-9-23-17-24(38-20(2)34)18-30(40-22(4)36)33(23,8)28(25)13-16-32(26,27)7/h9-10,19,24,26-30,37H,11-18H2,1-8H3/t19-,24+,26+,27-,28-,29+,30-,32+,33-/m0/s1. The van der Waals surface area contributed by atoms with Crippen LogP contribution in [0.25, 0.3) is 0 Å². The van der Waals surface area contributed by atoms with E-state index in [1.54, 1.807) is 13.8 Å². The zero-order valence-corrected chi connectivity index (χ0v) is 25.7. The quantitative estimate of drug-likeness (QED) is 0.285. The first-order valence-electron chi connectivity index (χ1n) is 15.2. The molecule has 4 aliphatic carbocycles. The molecule has 0 aromatic heterocycles. The van der Waals surface area contributed by atoms with Crippen LogP contribution in [0, 0.1) is 34.5 Å². The number of carbonyl (C=O) groups excluding carboxylic acids is 3. The highest BCUT2D eigenvalue weighted by atomic mass is 16.6. The van der Waals surface area contributed by atoms with Crippen molar-refractivity contribution in [2.24, 2.45) is 34.5 Å². The summed E-state index contributed by atoms with van der Waals surface area (Å²) >= 11 is 0. The van der Waals surface area contributed by atoms with Gasteiger partial charge in [-0.1, -0.05) is 44.1 Å². The molecule has 4 rings (SSSR count). The van der Waals surface area contributed by atoms with Gasteiger partial charge in [0.05, 0.1) is 5.60 Å². The Balaban J connectivity index is 1.62. The fourth-order valence-electron chi connectivity index (χ4n) is 9.00. The Hall–Kier alpha value is -2.15. The smallest absolute Gasteiger partial charge is 0.302 e. The second-order valence-corrected chi connectivity index (χ2v) is 14.1. The summed E-state index contributed by atoms with van der Waals surface area (Å²) in [7, 11) is 0. The van der Waals surface area contributed by atoms with E-state index in [2.05, 4.69) is 32.9 Å². The van der Waals surface area contributed by atoms with E-state index in [0.717, 1.165) is 25.7 Å². The molecule has 0 aromatic rings. The third-order valence-electron chi connectivity index (χ3n) is 10.9. The van der Waals surface area contributed by atoms with Crippen molar-refractivity contribution in [3.8, 4) is 0 Å². The zero-order chi connectivity index (χ0) is 29.6. The van der Waals surface area contributed by atoms with Gasteiger partial charge < -0.3 is 19.3 Å². The number of hydrogen-bond donors (Lipinski definition) is 1. The van der Waals surface area contributed by atoms with Crippen molar-refractivity contribution < 1.29 is 33.7 Å². The number of esters is 3. The number of aliphatic hydroxyl groups is 1. The van der Waals surface area contributed by atoms with Crippen LogP contribution >= 0.6 is 0 Å². The van der Waals surface area contributed by atoms with Crippen molar-refractivity contribution >= 4 is 17.9 Å². The fourth-order valence-corrected chi connectivity index (χ4v) is 9.00. The van der Waals surface area contributed by atoms with Crippen molar-refractivity contribution in [1.29, 1.82) is 0 Å². The fraction of sp³-hybridized carbons (Fsp3) is 0.788. The predicted molar refractivity (Wildman–Crippen MR) is 152 cm³/mol. The first kappa shape index (κ1) is 30.8. The summed E-state index contributed by atoms with van der Waals surface area (Å²) in [5.74, 6) is 0.369. The molecular weight excluding hydrogens is 508 g/mol. The van der Waals surface area contributed by atoms with Crippen molar-refractivity contribution in [2.45, 2.75) is 131 Å². The second kappa shape index (κ2) is 11.3. The van der Waals surface area contributed by atoms with E-state index in [-0.39, 0.29) is 58.9 Å². The van der Waals surface area contributed by atoms with E-state index in [9.17, 15) is 19.5 Å². The highest BCUT2D eigenvalue weighted by molar-refractivity contribution is 5.67. The predicted octanol–water partition coefficient (Wildman–Crippen LogP) is 6.08. The third-order valence-corrected chi connectivity index (χ3v) is 10.9. The molecule has 0 saturated heterocycles. The van der Waals surface area contributed by atoms with Gasteiger partial charge in [-0.25, -0.2) is 0 Å². The van der Waals surface area contributed by atoms with Crippen LogP contribution in [-0.2, 0) is 28.6 Å². The monoisotopic (exact) mass is 558 g/mol. The number of ether oxygens (including phenoxy) is 3. The number of hydrogen-bond acceptors (Lipinski definition) is 7. The summed E-state index contributed by atoms with van der Waals surface area (Å²) in [6.45, 7) is 14.9.